The molecule has 0 radical (unpaired) electrons. The fourth-order valence-corrected chi connectivity index (χ4v) is 1.84. The molecule has 2 rings (SSSR count). The average molecular weight is 321 g/mol. The lowest BCUT2D eigenvalue weighted by Gasteiger charge is -2.16. The Balaban J connectivity index is 1.99. The van der Waals surface area contributed by atoms with Gasteiger partial charge < -0.3 is 15.8 Å². The normalized spacial score (nSPS) is 11.1. The Kier molecular flexibility index (Phi) is 5.10. The van der Waals surface area contributed by atoms with Gasteiger partial charge in [0.2, 0.25) is 0 Å². The van der Waals surface area contributed by atoms with E-state index in [9.17, 15) is 13.6 Å². The summed E-state index contributed by atoms with van der Waals surface area (Å²) in [4.78, 5) is 15.8. The number of carbonyl (C=O) groups excluding carboxylic acids is 1. The van der Waals surface area contributed by atoms with Crippen molar-refractivity contribution in [2.75, 3.05) is 5.73 Å². The van der Waals surface area contributed by atoms with E-state index in [1.807, 2.05) is 0 Å². The first-order valence-electron chi connectivity index (χ1n) is 7.05. The number of nitrogens with zero attached hydrogens (tertiary/aromatic N) is 1. The van der Waals surface area contributed by atoms with Crippen molar-refractivity contribution in [1.29, 1.82) is 0 Å². The fraction of sp³-hybridized carbons (Fsp3) is 0.250. The van der Waals surface area contributed by atoms with Gasteiger partial charge in [0.05, 0.1) is 0 Å². The number of benzene rings is 1. The minimum absolute atomic E-state index is 0.0526. The van der Waals surface area contributed by atoms with Crippen LogP contribution in [0.3, 0.4) is 0 Å². The van der Waals surface area contributed by atoms with Gasteiger partial charge in [-0.15, -0.1) is 0 Å². The van der Waals surface area contributed by atoms with Crippen LogP contribution in [0.1, 0.15) is 29.3 Å². The Morgan fingerprint density at radius 2 is 2.13 bits per heavy atom. The smallest absolute Gasteiger partial charge is 0.397 e. The van der Waals surface area contributed by atoms with Gasteiger partial charge in [-0.3, -0.25) is 4.79 Å². The van der Waals surface area contributed by atoms with E-state index in [-0.39, 0.29) is 24.0 Å². The average Bonchev–Trinajstić information content (AvgIpc) is 2.52. The number of nitrogens with two attached hydrogens (primary N) is 1. The molecule has 1 aromatic heterocycles. The standard InChI is InChI=1S/C16H17F2N3O2/c1-2-16(17,18)23-13-5-3-4-11(8-13)10-21-15(22)12-6-7-20-14(19)9-12/h3-9H,2,10H2,1H3,(H2,19,20)(H,21,22). The number of anilines is 1. The molecule has 0 saturated heterocycles. The number of carbonyl (C=O) groups is 1. The summed E-state index contributed by atoms with van der Waals surface area (Å²) >= 11 is 0. The van der Waals surface area contributed by atoms with Gasteiger partial charge in [0, 0.05) is 24.7 Å². The van der Waals surface area contributed by atoms with Crippen LogP contribution in [0, 0.1) is 0 Å². The number of nitrogens with one attached hydrogen (secondary N) is 1. The maximum Gasteiger partial charge on any atom is 0.397 e. The minimum atomic E-state index is -3.21. The lowest BCUT2D eigenvalue weighted by atomic mass is 10.2. The van der Waals surface area contributed by atoms with Gasteiger partial charge in [0.1, 0.15) is 11.6 Å². The van der Waals surface area contributed by atoms with Crippen molar-refractivity contribution >= 4 is 11.7 Å². The van der Waals surface area contributed by atoms with Crippen molar-refractivity contribution in [2.45, 2.75) is 26.0 Å². The molecule has 5 nitrogen and oxygen atoms in total. The monoisotopic (exact) mass is 321 g/mol. The van der Waals surface area contributed by atoms with Crippen LogP contribution in [0.5, 0.6) is 5.75 Å². The molecule has 1 amide bonds. The molecule has 1 heterocycles. The van der Waals surface area contributed by atoms with Crippen LogP contribution in [0.15, 0.2) is 42.6 Å². The summed E-state index contributed by atoms with van der Waals surface area (Å²) in [6.45, 7) is 1.51. The van der Waals surface area contributed by atoms with E-state index in [4.69, 9.17) is 5.73 Å². The molecule has 23 heavy (non-hydrogen) atoms. The summed E-state index contributed by atoms with van der Waals surface area (Å²) in [6.07, 6.45) is -2.20. The van der Waals surface area contributed by atoms with E-state index >= 15 is 0 Å². The van der Waals surface area contributed by atoms with E-state index in [0.717, 1.165) is 0 Å². The molecule has 2 aromatic rings. The third-order valence-corrected chi connectivity index (χ3v) is 3.07. The van der Waals surface area contributed by atoms with Crippen molar-refractivity contribution in [1.82, 2.24) is 10.3 Å². The summed E-state index contributed by atoms with van der Waals surface area (Å²) in [5.74, 6) is -0.0316. The van der Waals surface area contributed by atoms with E-state index in [1.54, 1.807) is 12.1 Å². The van der Waals surface area contributed by atoms with Crippen molar-refractivity contribution in [3.05, 3.63) is 53.7 Å². The van der Waals surface area contributed by atoms with Gasteiger partial charge in [0.15, 0.2) is 0 Å². The van der Waals surface area contributed by atoms with Crippen molar-refractivity contribution in [3.63, 3.8) is 0 Å². The van der Waals surface area contributed by atoms with Gasteiger partial charge in [-0.05, 0) is 29.8 Å². The molecule has 0 saturated carbocycles. The molecule has 122 valence electrons. The number of rotatable bonds is 6. The largest absolute Gasteiger partial charge is 0.433 e. The Labute approximate surface area is 132 Å². The second kappa shape index (κ2) is 7.04. The number of ether oxygens (including phenoxy) is 1. The molecule has 1 aromatic carbocycles. The molecule has 0 aliphatic heterocycles. The second-order valence-electron chi connectivity index (χ2n) is 4.89. The number of nitrogen functional groups attached to an aromatic ring is 1. The van der Waals surface area contributed by atoms with E-state index in [1.165, 1.54) is 37.4 Å². The van der Waals surface area contributed by atoms with Crippen LogP contribution in [-0.4, -0.2) is 17.0 Å². The van der Waals surface area contributed by atoms with Crippen LogP contribution < -0.4 is 15.8 Å². The summed E-state index contributed by atoms with van der Waals surface area (Å²) in [7, 11) is 0. The minimum Gasteiger partial charge on any atom is -0.433 e. The summed E-state index contributed by atoms with van der Waals surface area (Å²) in [5.41, 5.74) is 6.54. The van der Waals surface area contributed by atoms with Crippen LogP contribution in [0.2, 0.25) is 0 Å². The Morgan fingerprint density at radius 1 is 1.35 bits per heavy atom. The zero-order chi connectivity index (χ0) is 16.9. The molecule has 0 unspecified atom stereocenters. The second-order valence-corrected chi connectivity index (χ2v) is 4.89. The third-order valence-electron chi connectivity index (χ3n) is 3.07. The van der Waals surface area contributed by atoms with Crippen LogP contribution in [0.4, 0.5) is 14.6 Å². The van der Waals surface area contributed by atoms with Crippen molar-refractivity contribution in [3.8, 4) is 5.75 Å². The summed E-state index contributed by atoms with van der Waals surface area (Å²) in [5, 5.41) is 2.68. The SMILES string of the molecule is CCC(F)(F)Oc1cccc(CNC(=O)c2ccnc(N)c2)c1. The molecular weight excluding hydrogens is 304 g/mol. The lowest BCUT2D eigenvalue weighted by Crippen LogP contribution is -2.24. The molecule has 0 spiro atoms. The molecule has 0 atom stereocenters. The summed E-state index contributed by atoms with van der Waals surface area (Å²) in [6, 6.07) is 9.19. The number of amides is 1. The first-order chi connectivity index (χ1) is 10.9. The highest BCUT2D eigenvalue weighted by molar-refractivity contribution is 5.94. The van der Waals surface area contributed by atoms with Crippen LogP contribution in [-0.2, 0) is 6.54 Å². The first kappa shape index (κ1) is 16.7. The van der Waals surface area contributed by atoms with Gasteiger partial charge in [-0.1, -0.05) is 19.1 Å². The summed E-state index contributed by atoms with van der Waals surface area (Å²) < 4.78 is 31.1. The number of aromatic nitrogens is 1. The third kappa shape index (κ3) is 4.91. The van der Waals surface area contributed by atoms with E-state index < -0.39 is 12.5 Å². The fourth-order valence-electron chi connectivity index (χ4n) is 1.84. The van der Waals surface area contributed by atoms with Gasteiger partial charge in [0.25, 0.3) is 5.91 Å². The quantitative estimate of drug-likeness (QED) is 0.857. The highest BCUT2D eigenvalue weighted by atomic mass is 19.3. The maximum absolute atomic E-state index is 13.2. The van der Waals surface area contributed by atoms with Crippen molar-refractivity contribution < 1.29 is 18.3 Å². The highest BCUT2D eigenvalue weighted by Crippen LogP contribution is 2.24. The van der Waals surface area contributed by atoms with Gasteiger partial charge in [-0.2, -0.15) is 8.78 Å². The molecule has 0 fully saturated rings. The van der Waals surface area contributed by atoms with Gasteiger partial charge >= 0.3 is 6.11 Å². The van der Waals surface area contributed by atoms with Crippen LogP contribution in [0.25, 0.3) is 0 Å². The first-order valence-corrected chi connectivity index (χ1v) is 7.05. The maximum atomic E-state index is 13.2. The lowest BCUT2D eigenvalue weighted by molar-refractivity contribution is -0.177. The number of hydrogen-bond acceptors (Lipinski definition) is 4. The number of hydrogen-bond donors (Lipinski definition) is 2. The van der Waals surface area contributed by atoms with Gasteiger partial charge in [-0.25, -0.2) is 4.98 Å². The molecule has 7 heteroatoms. The zero-order valence-corrected chi connectivity index (χ0v) is 12.6. The molecule has 3 N–H and O–H groups in total. The zero-order valence-electron chi connectivity index (χ0n) is 12.6. The molecule has 0 aliphatic rings. The number of alkyl halides is 2. The predicted molar refractivity (Wildman–Crippen MR) is 82.1 cm³/mol. The van der Waals surface area contributed by atoms with E-state index in [2.05, 4.69) is 15.0 Å². The van der Waals surface area contributed by atoms with Crippen molar-refractivity contribution in [2.24, 2.45) is 0 Å². The predicted octanol–water partition coefficient (Wildman–Crippen LogP) is 2.98. The topological polar surface area (TPSA) is 77.2 Å². The molecule has 0 bridgehead atoms. The van der Waals surface area contributed by atoms with E-state index in [0.29, 0.717) is 11.1 Å². The molecular formula is C16H17F2N3O2. The Hall–Kier alpha value is -2.70. The number of pyridine rings is 1. The Morgan fingerprint density at radius 3 is 2.83 bits per heavy atom. The highest BCUT2D eigenvalue weighted by Gasteiger charge is 2.28. The van der Waals surface area contributed by atoms with Crippen LogP contribution >= 0.6 is 0 Å². The molecule has 0 aliphatic carbocycles. The number of halogens is 2. The Bertz CT molecular complexity index is 693.